The van der Waals surface area contributed by atoms with Crippen molar-refractivity contribution >= 4 is 7.29 Å². The van der Waals surface area contributed by atoms with Gasteiger partial charge in [-0.15, -0.1) is 0 Å². The van der Waals surface area contributed by atoms with Gasteiger partial charge in [-0.3, -0.25) is 5.50 Å². The van der Waals surface area contributed by atoms with Gasteiger partial charge in [0.05, 0.1) is 0 Å². The molecule has 0 aliphatic carbocycles. The van der Waals surface area contributed by atoms with Crippen LogP contribution in [0.2, 0.25) is 0 Å². The average molecular weight is 178 g/mol. The zero-order valence-electron chi connectivity index (χ0n) is 7.71. The predicted molar refractivity (Wildman–Crippen MR) is 50.4 cm³/mol. The lowest BCUT2D eigenvalue weighted by atomic mass is 10.5. The van der Waals surface area contributed by atoms with Gasteiger partial charge in [-0.1, -0.05) is 6.92 Å². The van der Waals surface area contributed by atoms with E-state index in [0.717, 1.165) is 13.0 Å². The standard InChI is InChI=1S/C7H19N2OP/c1-4-11(8,10)7-5-6-9(2)3/h4-7H2,1-3H3,(H2,8,10). The van der Waals surface area contributed by atoms with Crippen LogP contribution in [0.3, 0.4) is 0 Å². The predicted octanol–water partition coefficient (Wildman–Crippen LogP) is 1.19. The van der Waals surface area contributed by atoms with Crippen LogP contribution in [0.15, 0.2) is 0 Å². The minimum atomic E-state index is -2.26. The van der Waals surface area contributed by atoms with Gasteiger partial charge in [0, 0.05) is 12.3 Å². The Bertz CT molecular complexity index is 147. The van der Waals surface area contributed by atoms with Gasteiger partial charge in [-0.25, -0.2) is 0 Å². The smallest absolute Gasteiger partial charge is 0.145 e. The summed E-state index contributed by atoms with van der Waals surface area (Å²) in [7, 11) is 1.76. The molecule has 0 radical (unpaired) electrons. The van der Waals surface area contributed by atoms with Gasteiger partial charge in [-0.2, -0.15) is 0 Å². The van der Waals surface area contributed by atoms with Crippen LogP contribution in [0.5, 0.6) is 0 Å². The molecule has 0 amide bonds. The Morgan fingerprint density at radius 2 is 2.00 bits per heavy atom. The number of nitrogens with zero attached hydrogens (tertiary/aromatic N) is 1. The highest BCUT2D eigenvalue weighted by Gasteiger charge is 2.11. The van der Waals surface area contributed by atoms with E-state index in [4.69, 9.17) is 5.50 Å². The molecule has 11 heavy (non-hydrogen) atoms. The minimum absolute atomic E-state index is 0.625. The molecule has 0 heterocycles. The molecular formula is C7H19N2OP. The molecule has 0 aromatic heterocycles. The lowest BCUT2D eigenvalue weighted by molar-refractivity contribution is 0.408. The number of nitrogens with two attached hydrogens (primary N) is 1. The van der Waals surface area contributed by atoms with Crippen molar-refractivity contribution in [3.8, 4) is 0 Å². The van der Waals surface area contributed by atoms with E-state index < -0.39 is 7.29 Å². The van der Waals surface area contributed by atoms with Gasteiger partial charge in [0.1, 0.15) is 7.29 Å². The Labute approximate surface area is 69.4 Å². The van der Waals surface area contributed by atoms with Crippen LogP contribution in [-0.4, -0.2) is 37.9 Å². The maximum Gasteiger partial charge on any atom is 0.145 e. The van der Waals surface area contributed by atoms with Crippen molar-refractivity contribution in [2.24, 2.45) is 5.50 Å². The van der Waals surface area contributed by atoms with Crippen LogP contribution in [0.4, 0.5) is 0 Å². The summed E-state index contributed by atoms with van der Waals surface area (Å²) in [6.45, 7) is 2.86. The molecule has 0 saturated carbocycles. The third kappa shape index (κ3) is 6.54. The molecule has 0 aromatic rings. The van der Waals surface area contributed by atoms with Crippen LogP contribution >= 0.6 is 7.29 Å². The lowest BCUT2D eigenvalue weighted by Crippen LogP contribution is -2.15. The summed E-state index contributed by atoms with van der Waals surface area (Å²) in [5.41, 5.74) is 5.54. The third-order valence-electron chi connectivity index (χ3n) is 1.68. The second-order valence-corrected chi connectivity index (χ2v) is 6.13. The molecule has 68 valence electrons. The first-order valence-corrected chi connectivity index (χ1v) is 6.14. The molecule has 2 N–H and O–H groups in total. The number of hydrogen-bond donors (Lipinski definition) is 1. The van der Waals surface area contributed by atoms with E-state index in [1.807, 2.05) is 21.0 Å². The Balaban J connectivity index is 3.46. The Kier molecular flexibility index (Phi) is 4.98. The zero-order valence-corrected chi connectivity index (χ0v) is 8.60. The topological polar surface area (TPSA) is 46.3 Å². The van der Waals surface area contributed by atoms with Crippen molar-refractivity contribution in [3.63, 3.8) is 0 Å². The van der Waals surface area contributed by atoms with Gasteiger partial charge < -0.3 is 9.46 Å². The highest BCUT2D eigenvalue weighted by atomic mass is 31.2. The molecule has 1 atom stereocenters. The SMILES string of the molecule is CCP(N)(=O)CCCN(C)C. The van der Waals surface area contributed by atoms with E-state index in [1.54, 1.807) is 0 Å². The second kappa shape index (κ2) is 4.91. The molecule has 0 fully saturated rings. The van der Waals surface area contributed by atoms with Crippen molar-refractivity contribution in [3.05, 3.63) is 0 Å². The maximum absolute atomic E-state index is 11.3. The molecule has 0 aromatic carbocycles. The van der Waals surface area contributed by atoms with E-state index in [1.165, 1.54) is 0 Å². The molecule has 0 aliphatic heterocycles. The maximum atomic E-state index is 11.3. The van der Waals surface area contributed by atoms with Crippen LogP contribution < -0.4 is 5.50 Å². The molecule has 3 nitrogen and oxygen atoms in total. The van der Waals surface area contributed by atoms with Crippen molar-refractivity contribution in [2.75, 3.05) is 33.0 Å². The van der Waals surface area contributed by atoms with Crippen LogP contribution in [0, 0.1) is 0 Å². The van der Waals surface area contributed by atoms with Crippen LogP contribution in [-0.2, 0) is 4.57 Å². The molecule has 0 bridgehead atoms. The van der Waals surface area contributed by atoms with E-state index in [0.29, 0.717) is 12.3 Å². The van der Waals surface area contributed by atoms with E-state index in [9.17, 15) is 4.57 Å². The highest BCUT2D eigenvalue weighted by Crippen LogP contribution is 2.35. The zero-order chi connectivity index (χ0) is 8.91. The van der Waals surface area contributed by atoms with Gasteiger partial charge in [-0.05, 0) is 27.1 Å². The van der Waals surface area contributed by atoms with Crippen molar-refractivity contribution < 1.29 is 4.57 Å². The number of rotatable bonds is 5. The summed E-state index contributed by atoms with van der Waals surface area (Å²) in [6, 6.07) is 0. The van der Waals surface area contributed by atoms with Crippen molar-refractivity contribution in [2.45, 2.75) is 13.3 Å². The normalized spacial score (nSPS) is 16.8. The van der Waals surface area contributed by atoms with Crippen molar-refractivity contribution in [1.29, 1.82) is 0 Å². The minimum Gasteiger partial charge on any atom is -0.309 e. The molecule has 0 aliphatic rings. The average Bonchev–Trinajstić information content (AvgIpc) is 1.87. The third-order valence-corrected chi connectivity index (χ3v) is 3.82. The summed E-state index contributed by atoms with van der Waals surface area (Å²) in [4.78, 5) is 2.08. The molecule has 4 heteroatoms. The Hall–Kier alpha value is 0.150. The monoisotopic (exact) mass is 178 g/mol. The summed E-state index contributed by atoms with van der Waals surface area (Å²) in [6.07, 6.45) is 2.25. The number of hydrogen-bond acceptors (Lipinski definition) is 2. The summed E-state index contributed by atoms with van der Waals surface area (Å²) < 4.78 is 11.3. The Morgan fingerprint density at radius 1 is 1.45 bits per heavy atom. The molecule has 1 unspecified atom stereocenters. The van der Waals surface area contributed by atoms with E-state index in [2.05, 4.69) is 4.90 Å². The van der Waals surface area contributed by atoms with Crippen LogP contribution in [0.1, 0.15) is 13.3 Å². The lowest BCUT2D eigenvalue weighted by Gasteiger charge is -2.12. The van der Waals surface area contributed by atoms with Gasteiger partial charge >= 0.3 is 0 Å². The highest BCUT2D eigenvalue weighted by molar-refractivity contribution is 7.61. The van der Waals surface area contributed by atoms with E-state index >= 15 is 0 Å². The first kappa shape index (κ1) is 11.2. The molecule has 0 saturated heterocycles. The molecular weight excluding hydrogens is 159 g/mol. The molecule has 0 spiro atoms. The fourth-order valence-corrected chi connectivity index (χ4v) is 1.81. The first-order valence-electron chi connectivity index (χ1n) is 3.99. The first-order chi connectivity index (χ1) is 4.98. The fraction of sp³-hybridized carbons (Fsp3) is 1.00. The van der Waals surface area contributed by atoms with Gasteiger partial charge in [0.15, 0.2) is 0 Å². The largest absolute Gasteiger partial charge is 0.309 e. The summed E-state index contributed by atoms with van der Waals surface area (Å²) >= 11 is 0. The quantitative estimate of drug-likeness (QED) is 0.643. The van der Waals surface area contributed by atoms with Crippen LogP contribution in [0.25, 0.3) is 0 Å². The van der Waals surface area contributed by atoms with E-state index in [-0.39, 0.29) is 0 Å². The Morgan fingerprint density at radius 3 is 2.36 bits per heavy atom. The molecule has 0 rings (SSSR count). The second-order valence-electron chi connectivity index (χ2n) is 3.15. The summed E-state index contributed by atoms with van der Waals surface area (Å²) in [5, 5.41) is 0. The van der Waals surface area contributed by atoms with Gasteiger partial charge in [0.25, 0.3) is 0 Å². The van der Waals surface area contributed by atoms with Gasteiger partial charge in [0.2, 0.25) is 0 Å². The van der Waals surface area contributed by atoms with Crippen molar-refractivity contribution in [1.82, 2.24) is 4.90 Å². The summed E-state index contributed by atoms with van der Waals surface area (Å²) in [5.74, 6) is 0. The fourth-order valence-electron chi connectivity index (χ4n) is 0.813.